The van der Waals surface area contributed by atoms with Crippen molar-refractivity contribution in [3.05, 3.63) is 47.9 Å². The zero-order valence-electron chi connectivity index (χ0n) is 11.4. The van der Waals surface area contributed by atoms with Gasteiger partial charge in [-0.25, -0.2) is 13.8 Å². The molecule has 0 atom stereocenters. The number of anilines is 2. The normalized spacial score (nSPS) is 10.2. The van der Waals surface area contributed by atoms with Gasteiger partial charge >= 0.3 is 0 Å². The van der Waals surface area contributed by atoms with E-state index >= 15 is 0 Å². The second-order valence-electron chi connectivity index (χ2n) is 4.27. The van der Waals surface area contributed by atoms with Crippen LogP contribution in [-0.4, -0.2) is 22.4 Å². The summed E-state index contributed by atoms with van der Waals surface area (Å²) in [7, 11) is 0. The van der Waals surface area contributed by atoms with E-state index in [2.05, 4.69) is 20.6 Å². The fraction of sp³-hybridized carbons (Fsp3) is 0.214. The molecule has 2 aromatic rings. The molecule has 0 aliphatic rings. The predicted molar refractivity (Wildman–Crippen MR) is 75.1 cm³/mol. The molecule has 0 radical (unpaired) electrons. The Morgan fingerprint density at radius 2 is 1.95 bits per heavy atom. The maximum atomic E-state index is 13.5. The van der Waals surface area contributed by atoms with Crippen molar-refractivity contribution >= 4 is 17.4 Å². The highest BCUT2D eigenvalue weighted by molar-refractivity contribution is 6.03. The maximum Gasteiger partial charge on any atom is 0.276 e. The second kappa shape index (κ2) is 6.74. The molecule has 0 bridgehead atoms. The van der Waals surface area contributed by atoms with Crippen molar-refractivity contribution in [3.63, 3.8) is 0 Å². The van der Waals surface area contributed by atoms with E-state index in [9.17, 15) is 13.6 Å². The number of carbonyl (C=O) groups excluding carboxylic acids is 1. The zero-order chi connectivity index (χ0) is 15.2. The molecule has 5 nitrogen and oxygen atoms in total. The van der Waals surface area contributed by atoms with Gasteiger partial charge in [0.2, 0.25) is 0 Å². The van der Waals surface area contributed by atoms with Crippen molar-refractivity contribution in [2.45, 2.75) is 13.3 Å². The summed E-state index contributed by atoms with van der Waals surface area (Å²) in [4.78, 5) is 19.9. The quantitative estimate of drug-likeness (QED) is 0.889. The molecule has 0 unspecified atom stereocenters. The summed E-state index contributed by atoms with van der Waals surface area (Å²) in [6.07, 6.45) is 3.58. The number of hydrogen-bond donors (Lipinski definition) is 2. The van der Waals surface area contributed by atoms with E-state index in [-0.39, 0.29) is 5.69 Å². The predicted octanol–water partition coefficient (Wildman–Crippen LogP) is 2.83. The number of aromatic nitrogens is 2. The topological polar surface area (TPSA) is 66.9 Å². The van der Waals surface area contributed by atoms with Gasteiger partial charge in [0.15, 0.2) is 0 Å². The molecular weight excluding hydrogens is 278 g/mol. The molecule has 0 aliphatic heterocycles. The number of rotatable bonds is 5. The van der Waals surface area contributed by atoms with Crippen LogP contribution in [0.1, 0.15) is 23.8 Å². The Labute approximate surface area is 120 Å². The molecular formula is C14H14F2N4O. The van der Waals surface area contributed by atoms with Crippen molar-refractivity contribution in [1.29, 1.82) is 0 Å². The first-order valence-corrected chi connectivity index (χ1v) is 6.43. The summed E-state index contributed by atoms with van der Waals surface area (Å²) in [6.45, 7) is 2.67. The number of carbonyl (C=O) groups is 1. The van der Waals surface area contributed by atoms with Gasteiger partial charge in [0.25, 0.3) is 5.91 Å². The lowest BCUT2D eigenvalue weighted by Crippen LogP contribution is -2.17. The van der Waals surface area contributed by atoms with Crippen LogP contribution in [0.15, 0.2) is 30.6 Å². The Kier molecular flexibility index (Phi) is 4.76. The zero-order valence-corrected chi connectivity index (χ0v) is 11.4. The highest BCUT2D eigenvalue weighted by Gasteiger charge is 2.15. The number of nitrogens with zero attached hydrogens (tertiary/aromatic N) is 2. The van der Waals surface area contributed by atoms with Gasteiger partial charge in [0.05, 0.1) is 12.4 Å². The minimum atomic E-state index is -0.850. The van der Waals surface area contributed by atoms with E-state index in [1.54, 1.807) is 0 Å². The summed E-state index contributed by atoms with van der Waals surface area (Å²) < 4.78 is 26.9. The molecule has 0 fully saturated rings. The lowest BCUT2D eigenvalue weighted by molar-refractivity contribution is 0.102. The monoisotopic (exact) mass is 292 g/mol. The Morgan fingerprint density at radius 1 is 1.24 bits per heavy atom. The van der Waals surface area contributed by atoms with Crippen LogP contribution in [0, 0.1) is 11.6 Å². The first kappa shape index (κ1) is 14.8. The average molecular weight is 292 g/mol. The molecule has 1 aromatic heterocycles. The third-order valence-electron chi connectivity index (χ3n) is 2.62. The van der Waals surface area contributed by atoms with Gasteiger partial charge in [0.1, 0.15) is 28.8 Å². The van der Waals surface area contributed by atoms with Gasteiger partial charge in [-0.3, -0.25) is 9.78 Å². The molecule has 1 heterocycles. The molecule has 0 saturated heterocycles. The molecule has 1 aromatic carbocycles. The SMILES string of the molecule is CCCNc1cncc(C(=O)Nc2c(F)cccc2F)n1. The van der Waals surface area contributed by atoms with Crippen LogP contribution in [0.3, 0.4) is 0 Å². The Morgan fingerprint density at radius 3 is 2.62 bits per heavy atom. The van der Waals surface area contributed by atoms with Gasteiger partial charge in [-0.05, 0) is 18.6 Å². The van der Waals surface area contributed by atoms with E-state index in [0.717, 1.165) is 18.6 Å². The fourth-order valence-electron chi connectivity index (χ4n) is 1.61. The molecule has 0 saturated carbocycles. The van der Waals surface area contributed by atoms with Gasteiger partial charge in [0, 0.05) is 6.54 Å². The van der Waals surface area contributed by atoms with Crippen LogP contribution in [-0.2, 0) is 0 Å². The molecule has 2 rings (SSSR count). The standard InChI is InChI=1S/C14H14F2N4O/c1-2-6-18-12-8-17-7-11(19-12)14(21)20-13-9(15)4-3-5-10(13)16/h3-5,7-8H,2,6H2,1H3,(H,18,19)(H,20,21). The van der Waals surface area contributed by atoms with Gasteiger partial charge in [-0.1, -0.05) is 13.0 Å². The maximum absolute atomic E-state index is 13.5. The van der Waals surface area contributed by atoms with Crippen LogP contribution in [0.2, 0.25) is 0 Å². The molecule has 0 spiro atoms. The third-order valence-corrected chi connectivity index (χ3v) is 2.62. The summed E-state index contributed by atoms with van der Waals surface area (Å²) in [6, 6.07) is 3.34. The van der Waals surface area contributed by atoms with Crippen molar-refractivity contribution < 1.29 is 13.6 Å². The number of halogens is 2. The van der Waals surface area contributed by atoms with E-state index in [1.165, 1.54) is 18.5 Å². The number of benzene rings is 1. The van der Waals surface area contributed by atoms with Crippen LogP contribution < -0.4 is 10.6 Å². The van der Waals surface area contributed by atoms with Gasteiger partial charge in [-0.2, -0.15) is 0 Å². The highest BCUT2D eigenvalue weighted by atomic mass is 19.1. The average Bonchev–Trinajstić information content (AvgIpc) is 2.49. The molecule has 0 aliphatic carbocycles. The second-order valence-corrected chi connectivity index (χ2v) is 4.27. The molecule has 110 valence electrons. The Balaban J connectivity index is 2.17. The van der Waals surface area contributed by atoms with Crippen LogP contribution in [0.5, 0.6) is 0 Å². The minimum absolute atomic E-state index is 0.0289. The van der Waals surface area contributed by atoms with E-state index < -0.39 is 23.2 Å². The number of hydrogen-bond acceptors (Lipinski definition) is 4. The van der Waals surface area contributed by atoms with Crippen molar-refractivity contribution in [1.82, 2.24) is 9.97 Å². The van der Waals surface area contributed by atoms with Crippen molar-refractivity contribution in [3.8, 4) is 0 Å². The highest BCUT2D eigenvalue weighted by Crippen LogP contribution is 2.18. The van der Waals surface area contributed by atoms with Crippen molar-refractivity contribution in [2.24, 2.45) is 0 Å². The third kappa shape index (κ3) is 3.71. The minimum Gasteiger partial charge on any atom is -0.369 e. The summed E-state index contributed by atoms with van der Waals surface area (Å²) in [5.41, 5.74) is -0.532. The van der Waals surface area contributed by atoms with Crippen molar-refractivity contribution in [2.75, 3.05) is 17.2 Å². The van der Waals surface area contributed by atoms with Gasteiger partial charge < -0.3 is 10.6 Å². The first-order valence-electron chi connectivity index (χ1n) is 6.43. The van der Waals surface area contributed by atoms with Crippen LogP contribution in [0.25, 0.3) is 0 Å². The summed E-state index contributed by atoms with van der Waals surface area (Å²) >= 11 is 0. The van der Waals surface area contributed by atoms with E-state index in [1.807, 2.05) is 6.92 Å². The number of amides is 1. The molecule has 1 amide bonds. The summed E-state index contributed by atoms with van der Waals surface area (Å²) in [5, 5.41) is 5.13. The largest absolute Gasteiger partial charge is 0.369 e. The molecule has 7 heteroatoms. The Bertz CT molecular complexity index is 628. The smallest absolute Gasteiger partial charge is 0.276 e. The van der Waals surface area contributed by atoms with E-state index in [0.29, 0.717) is 12.4 Å². The lowest BCUT2D eigenvalue weighted by Gasteiger charge is -2.08. The van der Waals surface area contributed by atoms with E-state index in [4.69, 9.17) is 0 Å². The van der Waals surface area contributed by atoms with Crippen LogP contribution >= 0.6 is 0 Å². The summed E-state index contributed by atoms with van der Waals surface area (Å²) in [5.74, 6) is -2.00. The molecule has 2 N–H and O–H groups in total. The number of nitrogens with one attached hydrogen (secondary N) is 2. The van der Waals surface area contributed by atoms with Gasteiger partial charge in [-0.15, -0.1) is 0 Å². The fourth-order valence-corrected chi connectivity index (χ4v) is 1.61. The number of para-hydroxylation sites is 1. The Hall–Kier alpha value is -2.57. The lowest BCUT2D eigenvalue weighted by atomic mass is 10.2. The van der Waals surface area contributed by atoms with Crippen LogP contribution in [0.4, 0.5) is 20.3 Å². The first-order chi connectivity index (χ1) is 10.1. The molecule has 21 heavy (non-hydrogen) atoms.